The van der Waals surface area contributed by atoms with Gasteiger partial charge in [0.05, 0.1) is 11.7 Å². The molecule has 0 bridgehead atoms. The molecule has 5 nitrogen and oxygen atoms in total. The van der Waals surface area contributed by atoms with E-state index < -0.39 is 0 Å². The van der Waals surface area contributed by atoms with Crippen molar-refractivity contribution >= 4 is 5.91 Å². The number of rotatable bonds is 5. The molecular weight excluding hydrogens is 324 g/mol. The molecule has 0 N–H and O–H groups in total. The van der Waals surface area contributed by atoms with Crippen LogP contribution < -0.4 is 0 Å². The Bertz CT molecular complexity index is 740. The van der Waals surface area contributed by atoms with Gasteiger partial charge in [0.1, 0.15) is 6.04 Å². The van der Waals surface area contributed by atoms with Gasteiger partial charge < -0.3 is 9.80 Å². The quantitative estimate of drug-likeness (QED) is 0.827. The molecule has 1 aliphatic heterocycles. The van der Waals surface area contributed by atoms with Crippen LogP contribution in [0.4, 0.5) is 0 Å². The number of amides is 1. The van der Waals surface area contributed by atoms with Crippen LogP contribution in [0.1, 0.15) is 48.8 Å². The van der Waals surface area contributed by atoms with Crippen molar-refractivity contribution in [2.45, 2.75) is 45.7 Å². The summed E-state index contributed by atoms with van der Waals surface area (Å²) in [6.45, 7) is 8.68. The minimum absolute atomic E-state index is 0.0961. The molecule has 2 atom stereocenters. The first-order chi connectivity index (χ1) is 12.5. The van der Waals surface area contributed by atoms with Gasteiger partial charge in [0.2, 0.25) is 5.91 Å². The standard InChI is InChI=1S/C21H30N4O/c1-5-9-19(25-17(3)14-16(2)22-25)21(26)24-13-12-23(4)15-20(24)18-10-7-6-8-11-18/h6-8,10-11,14,19-20H,5,9,12-13,15H2,1-4H3/t19-,20-/m1/s1. The lowest BCUT2D eigenvalue weighted by atomic mass is 10.0. The molecule has 1 saturated heterocycles. The third-order valence-electron chi connectivity index (χ3n) is 5.24. The molecule has 2 aromatic rings. The molecule has 1 amide bonds. The van der Waals surface area contributed by atoms with E-state index in [9.17, 15) is 4.79 Å². The van der Waals surface area contributed by atoms with E-state index >= 15 is 0 Å². The predicted octanol–water partition coefficient (Wildman–Crippen LogP) is 3.36. The number of hydrogen-bond acceptors (Lipinski definition) is 3. The summed E-state index contributed by atoms with van der Waals surface area (Å²) in [5.41, 5.74) is 3.23. The van der Waals surface area contributed by atoms with E-state index in [0.717, 1.165) is 43.9 Å². The van der Waals surface area contributed by atoms with Crippen LogP contribution in [0.3, 0.4) is 0 Å². The smallest absolute Gasteiger partial charge is 0.248 e. The molecule has 1 aromatic heterocycles. The first kappa shape index (κ1) is 18.6. The molecule has 140 valence electrons. The molecule has 26 heavy (non-hydrogen) atoms. The number of likely N-dealkylation sites (N-methyl/N-ethyl adjacent to an activating group) is 1. The monoisotopic (exact) mass is 354 g/mol. The minimum Gasteiger partial charge on any atom is -0.331 e. The molecule has 0 unspecified atom stereocenters. The summed E-state index contributed by atoms with van der Waals surface area (Å²) in [6, 6.07) is 12.3. The topological polar surface area (TPSA) is 41.4 Å². The SMILES string of the molecule is CCC[C@H](C(=O)N1CCN(C)C[C@@H]1c1ccccc1)n1nc(C)cc1C. The predicted molar refractivity (Wildman–Crippen MR) is 104 cm³/mol. The van der Waals surface area contributed by atoms with E-state index in [1.165, 1.54) is 5.56 Å². The third-order valence-corrected chi connectivity index (χ3v) is 5.24. The van der Waals surface area contributed by atoms with Gasteiger partial charge in [-0.25, -0.2) is 0 Å². The van der Waals surface area contributed by atoms with Crippen molar-refractivity contribution in [2.24, 2.45) is 0 Å². The molecule has 0 radical (unpaired) electrons. The highest BCUT2D eigenvalue weighted by atomic mass is 16.2. The average Bonchev–Trinajstić information content (AvgIpc) is 2.97. The van der Waals surface area contributed by atoms with Crippen molar-refractivity contribution in [3.63, 3.8) is 0 Å². The van der Waals surface area contributed by atoms with Crippen molar-refractivity contribution in [1.82, 2.24) is 19.6 Å². The van der Waals surface area contributed by atoms with Gasteiger partial charge in [-0.3, -0.25) is 9.48 Å². The van der Waals surface area contributed by atoms with Gasteiger partial charge in [0, 0.05) is 25.3 Å². The average molecular weight is 354 g/mol. The van der Waals surface area contributed by atoms with Gasteiger partial charge in [-0.05, 0) is 38.9 Å². The van der Waals surface area contributed by atoms with Crippen molar-refractivity contribution in [3.05, 3.63) is 53.3 Å². The van der Waals surface area contributed by atoms with Crippen LogP contribution >= 0.6 is 0 Å². The number of aromatic nitrogens is 2. The normalized spacial score (nSPS) is 19.5. The van der Waals surface area contributed by atoms with Crippen LogP contribution in [-0.4, -0.2) is 52.2 Å². The molecule has 1 aromatic carbocycles. The largest absolute Gasteiger partial charge is 0.331 e. The second kappa shape index (κ2) is 8.04. The second-order valence-electron chi connectivity index (χ2n) is 7.40. The van der Waals surface area contributed by atoms with Crippen LogP contribution in [0, 0.1) is 13.8 Å². The number of aryl methyl sites for hydroxylation is 2. The number of nitrogens with zero attached hydrogens (tertiary/aromatic N) is 4. The highest BCUT2D eigenvalue weighted by Gasteiger charge is 2.35. The number of hydrogen-bond donors (Lipinski definition) is 0. The lowest BCUT2D eigenvalue weighted by molar-refractivity contribution is -0.140. The first-order valence-corrected chi connectivity index (χ1v) is 9.58. The Labute approximate surface area is 156 Å². The number of piperazine rings is 1. The van der Waals surface area contributed by atoms with E-state index in [4.69, 9.17) is 0 Å². The van der Waals surface area contributed by atoms with E-state index in [1.54, 1.807) is 0 Å². The molecule has 1 fully saturated rings. The summed E-state index contributed by atoms with van der Waals surface area (Å²) in [7, 11) is 2.13. The van der Waals surface area contributed by atoms with Gasteiger partial charge in [0.15, 0.2) is 0 Å². The van der Waals surface area contributed by atoms with Crippen molar-refractivity contribution in [2.75, 3.05) is 26.7 Å². The fourth-order valence-corrected chi connectivity index (χ4v) is 3.92. The Hall–Kier alpha value is -2.14. The van der Waals surface area contributed by atoms with Crippen molar-refractivity contribution in [3.8, 4) is 0 Å². The summed E-state index contributed by atoms with van der Waals surface area (Å²) in [5, 5.41) is 4.62. The number of carbonyl (C=O) groups excluding carboxylic acids is 1. The van der Waals surface area contributed by atoms with Gasteiger partial charge in [-0.1, -0.05) is 43.7 Å². The summed E-state index contributed by atoms with van der Waals surface area (Å²) in [6.07, 6.45) is 1.77. The Morgan fingerprint density at radius 3 is 2.58 bits per heavy atom. The molecule has 0 spiro atoms. The minimum atomic E-state index is -0.219. The van der Waals surface area contributed by atoms with E-state index in [1.807, 2.05) is 24.6 Å². The van der Waals surface area contributed by atoms with E-state index in [0.29, 0.717) is 0 Å². The number of benzene rings is 1. The zero-order valence-corrected chi connectivity index (χ0v) is 16.4. The first-order valence-electron chi connectivity index (χ1n) is 9.58. The van der Waals surface area contributed by atoms with E-state index in [-0.39, 0.29) is 18.0 Å². The highest BCUT2D eigenvalue weighted by molar-refractivity contribution is 5.81. The molecule has 5 heteroatoms. The van der Waals surface area contributed by atoms with Crippen LogP contribution in [0.25, 0.3) is 0 Å². The Morgan fingerprint density at radius 2 is 1.96 bits per heavy atom. The molecule has 0 aliphatic carbocycles. The van der Waals surface area contributed by atoms with Crippen LogP contribution in [0.15, 0.2) is 36.4 Å². The molecule has 1 aliphatic rings. The lowest BCUT2D eigenvalue weighted by Crippen LogP contribution is -2.51. The zero-order valence-electron chi connectivity index (χ0n) is 16.4. The van der Waals surface area contributed by atoms with Gasteiger partial charge in [-0.15, -0.1) is 0 Å². The van der Waals surface area contributed by atoms with Crippen LogP contribution in [0.5, 0.6) is 0 Å². The third kappa shape index (κ3) is 3.83. The van der Waals surface area contributed by atoms with Gasteiger partial charge in [0.25, 0.3) is 0 Å². The van der Waals surface area contributed by atoms with Crippen LogP contribution in [0.2, 0.25) is 0 Å². The lowest BCUT2D eigenvalue weighted by Gasteiger charge is -2.42. The summed E-state index contributed by atoms with van der Waals surface area (Å²) in [5.74, 6) is 0.194. The van der Waals surface area contributed by atoms with E-state index in [2.05, 4.69) is 59.2 Å². The summed E-state index contributed by atoms with van der Waals surface area (Å²) >= 11 is 0. The molecule has 3 rings (SSSR count). The second-order valence-corrected chi connectivity index (χ2v) is 7.40. The Kier molecular flexibility index (Phi) is 5.77. The molecule has 0 saturated carbocycles. The highest BCUT2D eigenvalue weighted by Crippen LogP contribution is 2.29. The summed E-state index contributed by atoms with van der Waals surface area (Å²) < 4.78 is 1.93. The fraction of sp³-hybridized carbons (Fsp3) is 0.524. The molecular formula is C21H30N4O. The van der Waals surface area contributed by atoms with Crippen LogP contribution in [-0.2, 0) is 4.79 Å². The number of carbonyl (C=O) groups is 1. The van der Waals surface area contributed by atoms with Crippen molar-refractivity contribution < 1.29 is 4.79 Å². The summed E-state index contributed by atoms with van der Waals surface area (Å²) in [4.78, 5) is 18.0. The maximum absolute atomic E-state index is 13.6. The maximum Gasteiger partial charge on any atom is 0.248 e. The maximum atomic E-state index is 13.6. The van der Waals surface area contributed by atoms with Crippen molar-refractivity contribution in [1.29, 1.82) is 0 Å². The Balaban J connectivity index is 1.92. The Morgan fingerprint density at radius 1 is 1.23 bits per heavy atom. The molecule has 2 heterocycles. The van der Waals surface area contributed by atoms with Gasteiger partial charge in [-0.2, -0.15) is 5.10 Å². The van der Waals surface area contributed by atoms with Gasteiger partial charge >= 0.3 is 0 Å². The zero-order chi connectivity index (χ0) is 18.7. The fourth-order valence-electron chi connectivity index (χ4n) is 3.92.